The Morgan fingerprint density at radius 3 is 2.30 bits per heavy atom. The Hall–Kier alpha value is -0.320. The summed E-state index contributed by atoms with van der Waals surface area (Å²) in [5.41, 5.74) is 0.226. The third kappa shape index (κ3) is 4.06. The standard InChI is InChI=1S/C32H52O8/c1-16-5-10-32(38-14-16)17(2)26-25(40-32)13-21-19-12-24(39-29-28(36)27(35)23(34)15-37-29)22-11-18(33)6-8-30(22,3)20(19)7-9-31(21,26)4/h16-29,33-36H,5-15H2,1-4H3/t16-,17-,18-,19+,20-,21-,22+,23+,24-,25-,26-,27-,28+,29-,30+,31-,32+/m0/s1. The van der Waals surface area contributed by atoms with Crippen LogP contribution in [-0.2, 0) is 18.9 Å². The molecule has 0 amide bonds. The largest absolute Gasteiger partial charge is 0.393 e. The normalized spacial score (nSPS) is 61.5. The fourth-order valence-corrected chi connectivity index (χ4v) is 11.5. The van der Waals surface area contributed by atoms with E-state index in [2.05, 4.69) is 27.7 Å². The molecule has 0 aromatic carbocycles. The highest BCUT2D eigenvalue weighted by atomic mass is 16.7. The summed E-state index contributed by atoms with van der Waals surface area (Å²) in [4.78, 5) is 0. The van der Waals surface area contributed by atoms with E-state index in [0.717, 1.165) is 38.7 Å². The fourth-order valence-electron chi connectivity index (χ4n) is 11.5. The smallest absolute Gasteiger partial charge is 0.186 e. The quantitative estimate of drug-likeness (QED) is 0.378. The molecule has 4 saturated carbocycles. The van der Waals surface area contributed by atoms with Crippen molar-refractivity contribution in [3.8, 4) is 0 Å². The third-order valence-corrected chi connectivity index (χ3v) is 13.7. The van der Waals surface area contributed by atoms with Gasteiger partial charge < -0.3 is 39.4 Å². The number of fused-ring (bicyclic) bond motifs is 7. The second kappa shape index (κ2) is 9.85. The number of hydrogen-bond acceptors (Lipinski definition) is 8. The molecule has 7 fully saturated rings. The first-order chi connectivity index (χ1) is 19.0. The van der Waals surface area contributed by atoms with Crippen LogP contribution < -0.4 is 0 Å². The van der Waals surface area contributed by atoms with Crippen LogP contribution in [0, 0.1) is 52.3 Å². The van der Waals surface area contributed by atoms with Gasteiger partial charge in [-0.1, -0.05) is 27.7 Å². The molecule has 0 aromatic heterocycles. The zero-order valence-electron chi connectivity index (χ0n) is 24.8. The van der Waals surface area contributed by atoms with Crippen molar-refractivity contribution in [2.45, 2.75) is 134 Å². The summed E-state index contributed by atoms with van der Waals surface area (Å²) in [6.07, 6.45) is 4.04. The molecule has 0 unspecified atom stereocenters. The summed E-state index contributed by atoms with van der Waals surface area (Å²) in [7, 11) is 0. The van der Waals surface area contributed by atoms with Crippen LogP contribution in [0.15, 0.2) is 0 Å². The van der Waals surface area contributed by atoms with Crippen molar-refractivity contribution in [3.05, 3.63) is 0 Å². The first kappa shape index (κ1) is 28.5. The van der Waals surface area contributed by atoms with E-state index >= 15 is 0 Å². The van der Waals surface area contributed by atoms with Gasteiger partial charge in [0.05, 0.1) is 31.5 Å². The van der Waals surface area contributed by atoms with Crippen molar-refractivity contribution in [2.24, 2.45) is 52.3 Å². The average molecular weight is 565 g/mol. The second-order valence-corrected chi connectivity index (χ2v) is 15.6. The fraction of sp³-hybridized carbons (Fsp3) is 1.00. The van der Waals surface area contributed by atoms with Crippen molar-refractivity contribution in [3.63, 3.8) is 0 Å². The van der Waals surface area contributed by atoms with Crippen LogP contribution in [0.2, 0.25) is 0 Å². The van der Waals surface area contributed by atoms with Gasteiger partial charge in [-0.15, -0.1) is 0 Å². The highest BCUT2D eigenvalue weighted by Gasteiger charge is 2.70. The van der Waals surface area contributed by atoms with E-state index in [0.29, 0.717) is 41.9 Å². The van der Waals surface area contributed by atoms with Gasteiger partial charge in [-0.2, -0.15) is 0 Å². The van der Waals surface area contributed by atoms with E-state index in [4.69, 9.17) is 18.9 Å². The molecule has 4 N–H and O–H groups in total. The van der Waals surface area contributed by atoms with Crippen molar-refractivity contribution in [2.75, 3.05) is 13.2 Å². The Balaban J connectivity index is 1.16. The molecule has 7 aliphatic rings. The van der Waals surface area contributed by atoms with E-state index in [1.807, 2.05) is 0 Å². The van der Waals surface area contributed by atoms with Crippen molar-refractivity contribution >= 4 is 0 Å². The van der Waals surface area contributed by atoms with Crippen LogP contribution in [-0.4, -0.2) is 82.3 Å². The molecule has 8 heteroatoms. The van der Waals surface area contributed by atoms with Crippen LogP contribution in [0.3, 0.4) is 0 Å². The highest BCUT2D eigenvalue weighted by Crippen LogP contribution is 2.71. The highest BCUT2D eigenvalue weighted by molar-refractivity contribution is 5.16. The SMILES string of the molecule is C[C@H]1CC[C@@]2(OC1)O[C@H]1C[C@H]3[C@@H]4C[C@H](O[C@@H]5OC[C@@H](O)[C@H](O)[C@H]5O)[C@H]5C[C@@H](O)CC[C@]5(C)[C@H]4CC[C@]3(C)[C@H]1[C@@H]2C. The Kier molecular flexibility index (Phi) is 7.00. The molecule has 228 valence electrons. The van der Waals surface area contributed by atoms with Gasteiger partial charge in [0, 0.05) is 12.3 Å². The third-order valence-electron chi connectivity index (χ3n) is 13.7. The van der Waals surface area contributed by atoms with Gasteiger partial charge in [0.15, 0.2) is 12.1 Å². The molecule has 3 heterocycles. The van der Waals surface area contributed by atoms with E-state index in [1.54, 1.807) is 0 Å². The number of ether oxygens (including phenoxy) is 4. The second-order valence-electron chi connectivity index (χ2n) is 15.6. The molecule has 40 heavy (non-hydrogen) atoms. The number of rotatable bonds is 2. The molecule has 1 spiro atoms. The zero-order valence-corrected chi connectivity index (χ0v) is 24.8. The Morgan fingerprint density at radius 2 is 1.55 bits per heavy atom. The Labute approximate surface area is 239 Å². The Morgan fingerprint density at radius 1 is 0.775 bits per heavy atom. The molecular weight excluding hydrogens is 512 g/mol. The zero-order chi connectivity index (χ0) is 28.2. The van der Waals surface area contributed by atoms with Crippen molar-refractivity contribution in [1.82, 2.24) is 0 Å². The minimum absolute atomic E-state index is 0.0416. The maximum atomic E-state index is 10.7. The lowest BCUT2D eigenvalue weighted by Gasteiger charge is -2.63. The lowest BCUT2D eigenvalue weighted by molar-refractivity contribution is -0.306. The number of hydrogen-bond donors (Lipinski definition) is 4. The topological polar surface area (TPSA) is 118 Å². The summed E-state index contributed by atoms with van der Waals surface area (Å²) in [6, 6.07) is 0. The van der Waals surface area contributed by atoms with Crippen molar-refractivity contribution < 1.29 is 39.4 Å². The summed E-state index contributed by atoms with van der Waals surface area (Å²) < 4.78 is 25.8. The molecule has 3 aliphatic heterocycles. The Bertz CT molecular complexity index is 953. The lowest BCUT2D eigenvalue weighted by atomic mass is 9.43. The lowest BCUT2D eigenvalue weighted by Crippen LogP contribution is -2.61. The molecular formula is C32H52O8. The van der Waals surface area contributed by atoms with Gasteiger partial charge in [0.25, 0.3) is 0 Å². The summed E-state index contributed by atoms with van der Waals surface area (Å²) >= 11 is 0. The summed E-state index contributed by atoms with van der Waals surface area (Å²) in [6.45, 7) is 10.3. The first-order valence-corrected chi connectivity index (χ1v) is 16.3. The van der Waals surface area contributed by atoms with Crippen LogP contribution >= 0.6 is 0 Å². The molecule has 4 aliphatic carbocycles. The van der Waals surface area contributed by atoms with Gasteiger partial charge >= 0.3 is 0 Å². The van der Waals surface area contributed by atoms with Crippen molar-refractivity contribution in [1.29, 1.82) is 0 Å². The average Bonchev–Trinajstić information content (AvgIpc) is 3.37. The predicted molar refractivity (Wildman–Crippen MR) is 146 cm³/mol. The number of aliphatic hydroxyl groups excluding tert-OH is 4. The molecule has 0 radical (unpaired) electrons. The van der Waals surface area contributed by atoms with E-state index < -0.39 is 30.4 Å². The van der Waals surface area contributed by atoms with Gasteiger partial charge in [0.1, 0.15) is 18.3 Å². The minimum Gasteiger partial charge on any atom is -0.393 e. The molecule has 7 rings (SSSR count). The monoisotopic (exact) mass is 564 g/mol. The molecule has 17 atom stereocenters. The molecule has 0 aromatic rings. The van der Waals surface area contributed by atoms with Crippen LogP contribution in [0.5, 0.6) is 0 Å². The first-order valence-electron chi connectivity index (χ1n) is 16.3. The van der Waals surface area contributed by atoms with Gasteiger partial charge in [0.2, 0.25) is 0 Å². The molecule has 8 nitrogen and oxygen atoms in total. The van der Waals surface area contributed by atoms with E-state index in [1.165, 1.54) is 19.3 Å². The molecule has 3 saturated heterocycles. The van der Waals surface area contributed by atoms with Gasteiger partial charge in [-0.3, -0.25) is 0 Å². The van der Waals surface area contributed by atoms with Crippen LogP contribution in [0.25, 0.3) is 0 Å². The van der Waals surface area contributed by atoms with Gasteiger partial charge in [-0.05, 0) is 97.7 Å². The summed E-state index contributed by atoms with van der Waals surface area (Å²) in [5.74, 6) is 2.79. The van der Waals surface area contributed by atoms with Gasteiger partial charge in [-0.25, -0.2) is 0 Å². The van der Waals surface area contributed by atoms with E-state index in [-0.39, 0.29) is 41.7 Å². The van der Waals surface area contributed by atoms with E-state index in [9.17, 15) is 20.4 Å². The maximum Gasteiger partial charge on any atom is 0.186 e. The molecule has 0 bridgehead atoms. The van der Waals surface area contributed by atoms with Crippen LogP contribution in [0.1, 0.15) is 85.5 Å². The minimum atomic E-state index is -1.30. The predicted octanol–water partition coefficient (Wildman–Crippen LogP) is 3.23. The summed E-state index contributed by atoms with van der Waals surface area (Å²) in [5, 5.41) is 41.8. The maximum absolute atomic E-state index is 10.7. The van der Waals surface area contributed by atoms with Crippen LogP contribution in [0.4, 0.5) is 0 Å². The number of aliphatic hydroxyl groups is 4.